The highest BCUT2D eigenvalue weighted by Gasteiger charge is 1.97. The SMILES string of the molecule is O=C(O)/C=C\C(=O)Nc1ccccc1.O=C(O)/C=C\C(=O)Nc1ccccc1. The number of carbonyl (C=O) groups excluding carboxylic acids is 2. The van der Waals surface area contributed by atoms with Gasteiger partial charge in [0.25, 0.3) is 0 Å². The number of carboxylic acids is 2. The summed E-state index contributed by atoms with van der Waals surface area (Å²) in [6.07, 6.45) is 3.52. The number of nitrogens with one attached hydrogen (secondary N) is 2. The third-order valence-corrected chi connectivity index (χ3v) is 2.84. The minimum atomic E-state index is -1.15. The Kier molecular flexibility index (Phi) is 9.52. The molecule has 0 bridgehead atoms. The second kappa shape index (κ2) is 12.2. The Morgan fingerprint density at radius 1 is 0.571 bits per heavy atom. The van der Waals surface area contributed by atoms with Crippen molar-refractivity contribution in [3.63, 3.8) is 0 Å². The van der Waals surface area contributed by atoms with Gasteiger partial charge in [-0.2, -0.15) is 0 Å². The number of anilines is 2. The van der Waals surface area contributed by atoms with Crippen molar-refractivity contribution in [2.24, 2.45) is 0 Å². The van der Waals surface area contributed by atoms with Gasteiger partial charge in [0.2, 0.25) is 11.8 Å². The van der Waals surface area contributed by atoms with E-state index in [1.807, 2.05) is 12.1 Å². The van der Waals surface area contributed by atoms with Crippen molar-refractivity contribution < 1.29 is 29.4 Å². The first-order valence-electron chi connectivity index (χ1n) is 7.91. The molecule has 0 saturated heterocycles. The van der Waals surface area contributed by atoms with Crippen LogP contribution in [0.1, 0.15) is 0 Å². The van der Waals surface area contributed by atoms with E-state index in [1.165, 1.54) is 0 Å². The highest BCUT2D eigenvalue weighted by Crippen LogP contribution is 2.05. The van der Waals surface area contributed by atoms with Gasteiger partial charge < -0.3 is 20.8 Å². The van der Waals surface area contributed by atoms with Crippen molar-refractivity contribution in [1.82, 2.24) is 0 Å². The Hall–Kier alpha value is -4.20. The van der Waals surface area contributed by atoms with E-state index in [9.17, 15) is 19.2 Å². The second-order valence-corrected chi connectivity index (χ2v) is 5.05. The molecular formula is C20H18N2O6. The smallest absolute Gasteiger partial charge is 0.328 e. The van der Waals surface area contributed by atoms with E-state index < -0.39 is 23.8 Å². The first-order chi connectivity index (χ1) is 13.4. The van der Waals surface area contributed by atoms with Gasteiger partial charge in [-0.3, -0.25) is 9.59 Å². The summed E-state index contributed by atoms with van der Waals surface area (Å²) in [6, 6.07) is 17.6. The molecule has 0 aliphatic carbocycles. The van der Waals surface area contributed by atoms with Gasteiger partial charge in [0.05, 0.1) is 0 Å². The summed E-state index contributed by atoms with van der Waals surface area (Å²) in [5.41, 5.74) is 1.26. The maximum absolute atomic E-state index is 11.1. The van der Waals surface area contributed by atoms with Crippen LogP contribution in [0.2, 0.25) is 0 Å². The average Bonchev–Trinajstić information content (AvgIpc) is 2.67. The zero-order valence-corrected chi connectivity index (χ0v) is 14.6. The predicted octanol–water partition coefficient (Wildman–Crippen LogP) is 2.53. The molecular weight excluding hydrogens is 364 g/mol. The van der Waals surface area contributed by atoms with Gasteiger partial charge in [0.1, 0.15) is 0 Å². The lowest BCUT2D eigenvalue weighted by Gasteiger charge is -1.99. The first-order valence-corrected chi connectivity index (χ1v) is 7.91. The van der Waals surface area contributed by atoms with Crippen LogP contribution >= 0.6 is 0 Å². The minimum absolute atomic E-state index is 0.460. The Labute approximate surface area is 160 Å². The maximum Gasteiger partial charge on any atom is 0.328 e. The molecule has 8 heteroatoms. The second-order valence-electron chi connectivity index (χ2n) is 5.05. The summed E-state index contributed by atoms with van der Waals surface area (Å²) in [6.45, 7) is 0. The molecule has 2 aromatic carbocycles. The lowest BCUT2D eigenvalue weighted by molar-refractivity contribution is -0.132. The molecule has 0 heterocycles. The fourth-order valence-corrected chi connectivity index (χ4v) is 1.70. The average molecular weight is 382 g/mol. The van der Waals surface area contributed by atoms with E-state index in [0.717, 1.165) is 24.3 Å². The maximum atomic E-state index is 11.1. The lowest BCUT2D eigenvalue weighted by Crippen LogP contribution is -2.08. The van der Waals surface area contributed by atoms with Crippen LogP contribution in [0.3, 0.4) is 0 Å². The quantitative estimate of drug-likeness (QED) is 0.568. The largest absolute Gasteiger partial charge is 0.478 e. The zero-order valence-electron chi connectivity index (χ0n) is 14.6. The van der Waals surface area contributed by atoms with Crippen LogP contribution in [0, 0.1) is 0 Å². The zero-order chi connectivity index (χ0) is 20.8. The standard InChI is InChI=1S/2C10H9NO3/c2*12-9(6-7-10(13)14)11-8-4-2-1-3-5-8/h2*1-7H,(H,11,12)(H,13,14)/b2*7-6-. The summed E-state index contributed by atoms with van der Waals surface area (Å²) < 4.78 is 0. The van der Waals surface area contributed by atoms with Crippen molar-refractivity contribution >= 4 is 35.1 Å². The van der Waals surface area contributed by atoms with E-state index in [1.54, 1.807) is 48.5 Å². The highest BCUT2D eigenvalue weighted by molar-refractivity contribution is 6.02. The van der Waals surface area contributed by atoms with Crippen molar-refractivity contribution in [2.45, 2.75) is 0 Å². The van der Waals surface area contributed by atoms with Crippen molar-refractivity contribution in [1.29, 1.82) is 0 Å². The number of rotatable bonds is 6. The number of hydrogen-bond donors (Lipinski definition) is 4. The van der Waals surface area contributed by atoms with Gasteiger partial charge in [-0.05, 0) is 24.3 Å². The van der Waals surface area contributed by atoms with E-state index in [-0.39, 0.29) is 0 Å². The van der Waals surface area contributed by atoms with Crippen molar-refractivity contribution in [3.8, 4) is 0 Å². The Morgan fingerprint density at radius 3 is 1.18 bits per heavy atom. The summed E-state index contributed by atoms with van der Waals surface area (Å²) in [4.78, 5) is 42.3. The molecule has 2 rings (SSSR count). The van der Waals surface area contributed by atoms with Crippen LogP contribution in [-0.2, 0) is 19.2 Å². The number of aliphatic carboxylic acids is 2. The van der Waals surface area contributed by atoms with Gasteiger partial charge in [-0.1, -0.05) is 36.4 Å². The molecule has 0 aliphatic heterocycles. The Balaban J connectivity index is 0.000000280. The van der Waals surface area contributed by atoms with Crippen LogP contribution in [0.15, 0.2) is 85.0 Å². The number of amides is 2. The molecule has 8 nitrogen and oxygen atoms in total. The summed E-state index contributed by atoms with van der Waals surface area (Å²) in [5, 5.41) is 21.5. The van der Waals surface area contributed by atoms with E-state index in [2.05, 4.69) is 10.6 Å². The van der Waals surface area contributed by atoms with Gasteiger partial charge >= 0.3 is 11.9 Å². The molecule has 2 aromatic rings. The van der Waals surface area contributed by atoms with Crippen LogP contribution in [0.4, 0.5) is 11.4 Å². The molecule has 0 aliphatic rings. The third-order valence-electron chi connectivity index (χ3n) is 2.84. The predicted molar refractivity (Wildman–Crippen MR) is 104 cm³/mol. The lowest BCUT2D eigenvalue weighted by atomic mass is 10.3. The number of benzene rings is 2. The fraction of sp³-hybridized carbons (Fsp3) is 0. The minimum Gasteiger partial charge on any atom is -0.478 e. The number of carboxylic acid groups (broad SMARTS) is 2. The van der Waals surface area contributed by atoms with Crippen LogP contribution in [0.25, 0.3) is 0 Å². The van der Waals surface area contributed by atoms with Crippen LogP contribution in [0.5, 0.6) is 0 Å². The van der Waals surface area contributed by atoms with E-state index in [0.29, 0.717) is 11.4 Å². The third kappa shape index (κ3) is 10.6. The molecule has 0 saturated carbocycles. The monoisotopic (exact) mass is 382 g/mol. The van der Waals surface area contributed by atoms with Gasteiger partial charge in [0, 0.05) is 35.7 Å². The molecule has 0 atom stereocenters. The molecule has 0 fully saturated rings. The molecule has 0 aromatic heterocycles. The van der Waals surface area contributed by atoms with Gasteiger partial charge in [0.15, 0.2) is 0 Å². The molecule has 28 heavy (non-hydrogen) atoms. The highest BCUT2D eigenvalue weighted by atomic mass is 16.4. The number of carbonyl (C=O) groups is 4. The van der Waals surface area contributed by atoms with Crippen molar-refractivity contribution in [2.75, 3.05) is 10.6 Å². The first kappa shape index (κ1) is 21.8. The van der Waals surface area contributed by atoms with Gasteiger partial charge in [-0.25, -0.2) is 9.59 Å². The van der Waals surface area contributed by atoms with Crippen LogP contribution in [-0.4, -0.2) is 34.0 Å². The summed E-state index contributed by atoms with van der Waals surface area (Å²) >= 11 is 0. The molecule has 0 radical (unpaired) electrons. The number of hydrogen-bond acceptors (Lipinski definition) is 4. The molecule has 2 amide bonds. The van der Waals surface area contributed by atoms with E-state index >= 15 is 0 Å². The Morgan fingerprint density at radius 2 is 0.893 bits per heavy atom. The fourth-order valence-electron chi connectivity index (χ4n) is 1.70. The Bertz CT molecular complexity index is 787. The normalized spacial score (nSPS) is 10.0. The molecule has 0 spiro atoms. The summed E-state index contributed by atoms with van der Waals surface area (Å²) in [5.74, 6) is -3.21. The molecule has 144 valence electrons. The van der Waals surface area contributed by atoms with Gasteiger partial charge in [-0.15, -0.1) is 0 Å². The number of para-hydroxylation sites is 2. The van der Waals surface area contributed by atoms with Crippen molar-refractivity contribution in [3.05, 3.63) is 85.0 Å². The van der Waals surface area contributed by atoms with Crippen LogP contribution < -0.4 is 10.6 Å². The molecule has 0 unspecified atom stereocenters. The summed E-state index contributed by atoms with van der Waals surface area (Å²) in [7, 11) is 0. The topological polar surface area (TPSA) is 133 Å². The van der Waals surface area contributed by atoms with E-state index in [4.69, 9.17) is 10.2 Å². The molecule has 4 N–H and O–H groups in total.